The van der Waals surface area contributed by atoms with Gasteiger partial charge in [0, 0.05) is 0 Å². The number of carboxylic acids is 1. The van der Waals surface area contributed by atoms with Crippen molar-refractivity contribution >= 4 is 17.6 Å². The fourth-order valence-electron chi connectivity index (χ4n) is 1.79. The molecule has 0 aliphatic rings. The van der Waals surface area contributed by atoms with Crippen molar-refractivity contribution in [2.24, 2.45) is 0 Å². The van der Waals surface area contributed by atoms with Crippen molar-refractivity contribution in [3.05, 3.63) is 71.3 Å². The third-order valence-corrected chi connectivity index (χ3v) is 2.80. The van der Waals surface area contributed by atoms with Crippen LogP contribution in [0.3, 0.4) is 0 Å². The van der Waals surface area contributed by atoms with Crippen LogP contribution in [0, 0.1) is 6.92 Å². The molecule has 0 radical (unpaired) electrons. The van der Waals surface area contributed by atoms with Crippen LogP contribution in [0.15, 0.2) is 54.6 Å². The third kappa shape index (κ3) is 2.66. The van der Waals surface area contributed by atoms with Gasteiger partial charge in [-0.3, -0.25) is 0 Å². The van der Waals surface area contributed by atoms with Gasteiger partial charge in [-0.25, -0.2) is 4.79 Å². The van der Waals surface area contributed by atoms with Gasteiger partial charge in [-0.2, -0.15) is 0 Å². The molecule has 2 rings (SSSR count). The molecule has 1 N–H and O–H groups in total. The summed E-state index contributed by atoms with van der Waals surface area (Å²) in [7, 11) is 0. The summed E-state index contributed by atoms with van der Waals surface area (Å²) in [5.74, 6) is -0.913. The standard InChI is InChI=1S/C16H14O2/c1-12-7-5-6-10-14(12)11-15(16(17)18)13-8-3-2-4-9-13/h2-11H,1H3,(H,17,18)/b15-11+. The molecule has 0 saturated heterocycles. The van der Waals surface area contributed by atoms with Gasteiger partial charge >= 0.3 is 5.97 Å². The monoisotopic (exact) mass is 238 g/mol. The van der Waals surface area contributed by atoms with E-state index < -0.39 is 5.97 Å². The number of hydrogen-bond donors (Lipinski definition) is 1. The molecule has 2 heteroatoms. The summed E-state index contributed by atoms with van der Waals surface area (Å²) in [6.45, 7) is 1.97. The van der Waals surface area contributed by atoms with Gasteiger partial charge in [0.25, 0.3) is 0 Å². The molecule has 0 aliphatic carbocycles. The van der Waals surface area contributed by atoms with Crippen LogP contribution >= 0.6 is 0 Å². The van der Waals surface area contributed by atoms with E-state index in [1.807, 2.05) is 49.4 Å². The zero-order valence-corrected chi connectivity index (χ0v) is 10.1. The second-order valence-electron chi connectivity index (χ2n) is 4.09. The number of hydrogen-bond acceptors (Lipinski definition) is 1. The van der Waals surface area contributed by atoms with Crippen LogP contribution in [-0.2, 0) is 4.79 Å². The van der Waals surface area contributed by atoms with E-state index in [-0.39, 0.29) is 0 Å². The van der Waals surface area contributed by atoms with Crippen molar-refractivity contribution in [3.63, 3.8) is 0 Å². The minimum atomic E-state index is -0.913. The Bertz CT molecular complexity index is 583. The quantitative estimate of drug-likeness (QED) is 0.655. The molecule has 90 valence electrons. The lowest BCUT2D eigenvalue weighted by atomic mass is 10.0. The largest absolute Gasteiger partial charge is 0.478 e. The lowest BCUT2D eigenvalue weighted by molar-refractivity contribution is -0.130. The Labute approximate surface area is 106 Å². The molecule has 0 spiro atoms. The zero-order valence-electron chi connectivity index (χ0n) is 10.1. The van der Waals surface area contributed by atoms with E-state index in [0.29, 0.717) is 11.1 Å². The predicted molar refractivity (Wildman–Crippen MR) is 73.1 cm³/mol. The molecule has 2 nitrogen and oxygen atoms in total. The molecular formula is C16H14O2. The maximum atomic E-state index is 11.3. The van der Waals surface area contributed by atoms with E-state index in [1.165, 1.54) is 0 Å². The summed E-state index contributed by atoms with van der Waals surface area (Å²) in [4.78, 5) is 11.3. The summed E-state index contributed by atoms with van der Waals surface area (Å²) in [6.07, 6.45) is 1.72. The summed E-state index contributed by atoms with van der Waals surface area (Å²) >= 11 is 0. The molecule has 0 bridgehead atoms. The van der Waals surface area contributed by atoms with Crippen LogP contribution in [0.4, 0.5) is 0 Å². The highest BCUT2D eigenvalue weighted by Crippen LogP contribution is 2.20. The number of carboxylic acid groups (broad SMARTS) is 1. The molecule has 2 aromatic rings. The molecule has 2 aromatic carbocycles. The SMILES string of the molecule is Cc1ccccc1/C=C(/C(=O)O)c1ccccc1. The average Bonchev–Trinajstić information content (AvgIpc) is 2.38. The van der Waals surface area contributed by atoms with Gasteiger partial charge in [0.05, 0.1) is 5.57 Å². The molecule has 0 aliphatic heterocycles. The molecule has 0 atom stereocenters. The lowest BCUT2D eigenvalue weighted by Gasteiger charge is -2.04. The summed E-state index contributed by atoms with van der Waals surface area (Å²) < 4.78 is 0. The highest BCUT2D eigenvalue weighted by atomic mass is 16.4. The van der Waals surface area contributed by atoms with Gasteiger partial charge in [0.2, 0.25) is 0 Å². The Hall–Kier alpha value is -2.35. The molecule has 0 saturated carbocycles. The predicted octanol–water partition coefficient (Wildman–Crippen LogP) is 3.62. The molecular weight excluding hydrogens is 224 g/mol. The van der Waals surface area contributed by atoms with E-state index in [0.717, 1.165) is 11.1 Å². The zero-order chi connectivity index (χ0) is 13.0. The molecule has 0 unspecified atom stereocenters. The van der Waals surface area contributed by atoms with Gasteiger partial charge in [-0.05, 0) is 29.7 Å². The van der Waals surface area contributed by atoms with E-state index in [2.05, 4.69) is 0 Å². The molecule has 0 aromatic heterocycles. The minimum Gasteiger partial charge on any atom is -0.478 e. The van der Waals surface area contributed by atoms with E-state index in [1.54, 1.807) is 18.2 Å². The second kappa shape index (κ2) is 5.32. The van der Waals surface area contributed by atoms with Crippen molar-refractivity contribution in [1.29, 1.82) is 0 Å². The Kier molecular flexibility index (Phi) is 3.58. The van der Waals surface area contributed by atoms with Gasteiger partial charge in [0.1, 0.15) is 0 Å². The minimum absolute atomic E-state index is 0.310. The topological polar surface area (TPSA) is 37.3 Å². The van der Waals surface area contributed by atoms with Crippen molar-refractivity contribution in [2.75, 3.05) is 0 Å². The first-order valence-electron chi connectivity index (χ1n) is 5.74. The van der Waals surface area contributed by atoms with Gasteiger partial charge < -0.3 is 5.11 Å². The maximum Gasteiger partial charge on any atom is 0.336 e. The highest BCUT2D eigenvalue weighted by Gasteiger charge is 2.10. The summed E-state index contributed by atoms with van der Waals surface area (Å²) in [6, 6.07) is 16.9. The van der Waals surface area contributed by atoms with Crippen LogP contribution in [0.5, 0.6) is 0 Å². The Balaban J connectivity index is 2.50. The maximum absolute atomic E-state index is 11.3. The van der Waals surface area contributed by atoms with Crippen LogP contribution in [-0.4, -0.2) is 11.1 Å². The normalized spacial score (nSPS) is 11.3. The van der Waals surface area contributed by atoms with Crippen molar-refractivity contribution in [2.45, 2.75) is 6.92 Å². The van der Waals surface area contributed by atoms with E-state index in [9.17, 15) is 9.90 Å². The molecule has 18 heavy (non-hydrogen) atoms. The summed E-state index contributed by atoms with van der Waals surface area (Å²) in [5.41, 5.74) is 3.02. The Morgan fingerprint density at radius 1 is 1.00 bits per heavy atom. The van der Waals surface area contributed by atoms with Crippen LogP contribution in [0.25, 0.3) is 11.6 Å². The van der Waals surface area contributed by atoms with E-state index in [4.69, 9.17) is 0 Å². The number of carbonyl (C=O) groups is 1. The first-order valence-corrected chi connectivity index (χ1v) is 5.74. The smallest absolute Gasteiger partial charge is 0.336 e. The fraction of sp³-hybridized carbons (Fsp3) is 0.0625. The molecule has 0 fully saturated rings. The number of aryl methyl sites for hydroxylation is 1. The second-order valence-corrected chi connectivity index (χ2v) is 4.09. The summed E-state index contributed by atoms with van der Waals surface area (Å²) in [5, 5.41) is 9.31. The van der Waals surface area contributed by atoms with Crippen molar-refractivity contribution in [1.82, 2.24) is 0 Å². The fourth-order valence-corrected chi connectivity index (χ4v) is 1.79. The van der Waals surface area contributed by atoms with Crippen LogP contribution in [0.2, 0.25) is 0 Å². The molecule has 0 amide bonds. The van der Waals surface area contributed by atoms with Gasteiger partial charge in [0.15, 0.2) is 0 Å². The third-order valence-electron chi connectivity index (χ3n) is 2.80. The Morgan fingerprint density at radius 3 is 2.22 bits per heavy atom. The first kappa shape index (κ1) is 12.1. The van der Waals surface area contributed by atoms with Crippen LogP contribution in [0.1, 0.15) is 16.7 Å². The highest BCUT2D eigenvalue weighted by molar-refractivity contribution is 6.20. The average molecular weight is 238 g/mol. The number of benzene rings is 2. The van der Waals surface area contributed by atoms with Crippen LogP contribution < -0.4 is 0 Å². The lowest BCUT2D eigenvalue weighted by Crippen LogP contribution is -1.99. The number of aliphatic carboxylic acids is 1. The van der Waals surface area contributed by atoms with Gasteiger partial charge in [-0.1, -0.05) is 54.6 Å². The van der Waals surface area contributed by atoms with Crippen molar-refractivity contribution in [3.8, 4) is 0 Å². The van der Waals surface area contributed by atoms with Gasteiger partial charge in [-0.15, -0.1) is 0 Å². The Morgan fingerprint density at radius 2 is 1.61 bits per heavy atom. The molecule has 0 heterocycles. The van der Waals surface area contributed by atoms with E-state index >= 15 is 0 Å². The van der Waals surface area contributed by atoms with Crippen molar-refractivity contribution < 1.29 is 9.90 Å². The number of rotatable bonds is 3. The first-order chi connectivity index (χ1) is 8.68.